The number of fused-ring (bicyclic) bond motifs is 1. The first kappa shape index (κ1) is 17.9. The molecule has 0 bridgehead atoms. The van der Waals surface area contributed by atoms with Crippen LogP contribution in [0.5, 0.6) is 0 Å². The zero-order valence-corrected chi connectivity index (χ0v) is 15.2. The topological polar surface area (TPSA) is 92.0 Å². The SMILES string of the molecule is CCc1nn(C)c2cc(C3=NOC(CC(=O)OC)(C(=O)OC)C3)ccc12. The predicted molar refractivity (Wildman–Crippen MR) is 93.7 cm³/mol. The van der Waals surface area contributed by atoms with Crippen molar-refractivity contribution < 1.29 is 23.9 Å². The van der Waals surface area contributed by atoms with E-state index in [-0.39, 0.29) is 12.8 Å². The first-order valence-electron chi connectivity index (χ1n) is 8.30. The van der Waals surface area contributed by atoms with E-state index in [9.17, 15) is 9.59 Å². The van der Waals surface area contributed by atoms with E-state index < -0.39 is 17.5 Å². The van der Waals surface area contributed by atoms with Gasteiger partial charge in [-0.3, -0.25) is 9.48 Å². The molecule has 8 heteroatoms. The van der Waals surface area contributed by atoms with Gasteiger partial charge in [-0.15, -0.1) is 0 Å². The van der Waals surface area contributed by atoms with E-state index >= 15 is 0 Å². The van der Waals surface area contributed by atoms with Crippen LogP contribution in [0.25, 0.3) is 10.9 Å². The molecule has 0 aliphatic carbocycles. The number of aromatic nitrogens is 2. The van der Waals surface area contributed by atoms with Gasteiger partial charge in [-0.05, 0) is 12.5 Å². The van der Waals surface area contributed by atoms with E-state index in [4.69, 9.17) is 9.57 Å². The third-order valence-corrected chi connectivity index (χ3v) is 4.59. The van der Waals surface area contributed by atoms with Crippen LogP contribution in [0, 0.1) is 0 Å². The molecular weight excluding hydrogens is 338 g/mol. The van der Waals surface area contributed by atoms with Crippen molar-refractivity contribution in [3.63, 3.8) is 0 Å². The van der Waals surface area contributed by atoms with Crippen molar-refractivity contribution >= 4 is 28.6 Å². The lowest BCUT2D eigenvalue weighted by atomic mass is 9.91. The Morgan fingerprint density at radius 1 is 1.31 bits per heavy atom. The Bertz CT molecular complexity index is 902. The van der Waals surface area contributed by atoms with E-state index in [1.165, 1.54) is 14.2 Å². The lowest BCUT2D eigenvalue weighted by molar-refractivity contribution is -0.173. The number of hydrogen-bond acceptors (Lipinski definition) is 7. The molecule has 2 heterocycles. The molecule has 0 saturated heterocycles. The summed E-state index contributed by atoms with van der Waals surface area (Å²) in [5.41, 5.74) is 1.87. The van der Waals surface area contributed by atoms with Gasteiger partial charge in [0.1, 0.15) is 0 Å². The summed E-state index contributed by atoms with van der Waals surface area (Å²) in [4.78, 5) is 29.3. The summed E-state index contributed by atoms with van der Waals surface area (Å²) in [5.74, 6) is -1.22. The molecule has 1 aliphatic heterocycles. The van der Waals surface area contributed by atoms with Crippen molar-refractivity contribution in [2.45, 2.75) is 31.8 Å². The number of aryl methyl sites for hydroxylation is 2. The molecule has 0 N–H and O–H groups in total. The highest BCUT2D eigenvalue weighted by Gasteiger charge is 2.50. The van der Waals surface area contributed by atoms with Crippen LogP contribution in [-0.2, 0) is 37.4 Å². The second kappa shape index (κ2) is 6.78. The molecule has 1 aromatic heterocycles. The average Bonchev–Trinajstić information content (AvgIpc) is 3.23. The monoisotopic (exact) mass is 359 g/mol. The van der Waals surface area contributed by atoms with Crippen molar-refractivity contribution in [2.24, 2.45) is 12.2 Å². The molecule has 1 aliphatic rings. The largest absolute Gasteiger partial charge is 0.469 e. The van der Waals surface area contributed by atoms with Gasteiger partial charge in [-0.2, -0.15) is 5.10 Å². The number of rotatable bonds is 5. The molecule has 0 spiro atoms. The van der Waals surface area contributed by atoms with Crippen molar-refractivity contribution in [2.75, 3.05) is 14.2 Å². The standard InChI is InChI=1S/C18H21N3O5/c1-5-13-12-7-6-11(8-15(12)21(2)19-13)14-9-18(26-20-14,17(23)25-4)10-16(22)24-3/h6-8H,5,9-10H2,1-4H3. The molecule has 1 aromatic carbocycles. The maximum absolute atomic E-state index is 12.2. The molecule has 0 saturated carbocycles. The van der Waals surface area contributed by atoms with E-state index in [1.54, 1.807) is 0 Å². The molecule has 8 nitrogen and oxygen atoms in total. The van der Waals surface area contributed by atoms with Crippen LogP contribution >= 0.6 is 0 Å². The van der Waals surface area contributed by atoms with Crippen molar-refractivity contribution in [1.29, 1.82) is 0 Å². The Morgan fingerprint density at radius 2 is 2.08 bits per heavy atom. The molecule has 1 unspecified atom stereocenters. The van der Waals surface area contributed by atoms with Gasteiger partial charge in [0.15, 0.2) is 0 Å². The molecular formula is C18H21N3O5. The molecule has 0 amide bonds. The van der Waals surface area contributed by atoms with Gasteiger partial charge in [0, 0.05) is 24.4 Å². The summed E-state index contributed by atoms with van der Waals surface area (Å²) in [5, 5.41) is 9.64. The lowest BCUT2D eigenvalue weighted by Gasteiger charge is -2.22. The first-order valence-corrected chi connectivity index (χ1v) is 8.30. The number of benzene rings is 1. The molecule has 26 heavy (non-hydrogen) atoms. The Kier molecular flexibility index (Phi) is 4.67. The summed E-state index contributed by atoms with van der Waals surface area (Å²) in [6.45, 7) is 2.06. The maximum atomic E-state index is 12.2. The van der Waals surface area contributed by atoms with Crippen LogP contribution in [0.15, 0.2) is 23.4 Å². The molecule has 0 radical (unpaired) electrons. The van der Waals surface area contributed by atoms with Crippen LogP contribution in [0.4, 0.5) is 0 Å². The highest BCUT2D eigenvalue weighted by atomic mass is 16.7. The number of methoxy groups -OCH3 is 2. The van der Waals surface area contributed by atoms with Crippen LogP contribution in [0.3, 0.4) is 0 Å². The van der Waals surface area contributed by atoms with Gasteiger partial charge < -0.3 is 14.3 Å². The quantitative estimate of drug-likeness (QED) is 0.755. The summed E-state index contributed by atoms with van der Waals surface area (Å²) in [7, 11) is 4.39. The number of oxime groups is 1. The molecule has 2 aromatic rings. The maximum Gasteiger partial charge on any atom is 0.354 e. The van der Waals surface area contributed by atoms with E-state index in [0.717, 1.165) is 28.6 Å². The van der Waals surface area contributed by atoms with Crippen LogP contribution in [-0.4, -0.2) is 47.3 Å². The average molecular weight is 359 g/mol. The second-order valence-corrected chi connectivity index (χ2v) is 6.20. The van der Waals surface area contributed by atoms with Gasteiger partial charge >= 0.3 is 11.9 Å². The summed E-state index contributed by atoms with van der Waals surface area (Å²) >= 11 is 0. The molecule has 0 fully saturated rings. The number of esters is 2. The van der Waals surface area contributed by atoms with Crippen molar-refractivity contribution in [3.8, 4) is 0 Å². The lowest BCUT2D eigenvalue weighted by Crippen LogP contribution is -2.42. The normalized spacial score (nSPS) is 19.2. The number of carbonyl (C=O) groups is 2. The minimum atomic E-state index is -1.49. The number of ether oxygens (including phenoxy) is 2. The van der Waals surface area contributed by atoms with Gasteiger partial charge in [-0.25, -0.2) is 4.79 Å². The molecule has 138 valence electrons. The smallest absolute Gasteiger partial charge is 0.354 e. The Labute approximate surface area is 150 Å². The van der Waals surface area contributed by atoms with Gasteiger partial charge in [0.05, 0.1) is 37.6 Å². The van der Waals surface area contributed by atoms with Crippen LogP contribution in [0.1, 0.15) is 31.0 Å². The highest BCUT2D eigenvalue weighted by molar-refractivity contribution is 6.07. The third-order valence-electron chi connectivity index (χ3n) is 4.59. The van der Waals surface area contributed by atoms with E-state index in [1.807, 2.05) is 29.9 Å². The third kappa shape index (κ3) is 2.91. The number of nitrogens with zero attached hydrogens (tertiary/aromatic N) is 3. The van der Waals surface area contributed by atoms with E-state index in [0.29, 0.717) is 5.71 Å². The summed E-state index contributed by atoms with van der Waals surface area (Å²) in [6.07, 6.45) is 0.696. The second-order valence-electron chi connectivity index (χ2n) is 6.20. The Morgan fingerprint density at radius 3 is 2.73 bits per heavy atom. The van der Waals surface area contributed by atoms with Gasteiger partial charge in [0.25, 0.3) is 0 Å². The predicted octanol–water partition coefficient (Wildman–Crippen LogP) is 1.73. The number of carbonyl (C=O) groups excluding carboxylic acids is 2. The van der Waals surface area contributed by atoms with Crippen LogP contribution < -0.4 is 0 Å². The zero-order chi connectivity index (χ0) is 18.9. The minimum Gasteiger partial charge on any atom is -0.469 e. The van der Waals surface area contributed by atoms with Crippen molar-refractivity contribution in [1.82, 2.24) is 9.78 Å². The van der Waals surface area contributed by atoms with Crippen molar-refractivity contribution in [3.05, 3.63) is 29.5 Å². The fourth-order valence-corrected chi connectivity index (χ4v) is 3.17. The first-order chi connectivity index (χ1) is 12.4. The zero-order valence-electron chi connectivity index (χ0n) is 15.2. The fourth-order valence-electron chi connectivity index (χ4n) is 3.17. The van der Waals surface area contributed by atoms with Gasteiger partial charge in [-0.1, -0.05) is 24.2 Å². The highest BCUT2D eigenvalue weighted by Crippen LogP contribution is 2.33. The van der Waals surface area contributed by atoms with Gasteiger partial charge in [0.2, 0.25) is 5.60 Å². The molecule has 3 rings (SSSR count). The number of hydrogen-bond donors (Lipinski definition) is 0. The Balaban J connectivity index is 1.93. The summed E-state index contributed by atoms with van der Waals surface area (Å²) < 4.78 is 11.3. The summed E-state index contributed by atoms with van der Waals surface area (Å²) in [6, 6.07) is 5.85. The van der Waals surface area contributed by atoms with E-state index in [2.05, 4.69) is 21.9 Å². The Hall–Kier alpha value is -2.90. The molecule has 1 atom stereocenters. The van der Waals surface area contributed by atoms with Crippen LogP contribution in [0.2, 0.25) is 0 Å². The fraction of sp³-hybridized carbons (Fsp3) is 0.444. The minimum absolute atomic E-state index is 0.124.